The van der Waals surface area contributed by atoms with Crippen LogP contribution in [0.2, 0.25) is 0 Å². The van der Waals surface area contributed by atoms with Crippen molar-refractivity contribution in [1.29, 1.82) is 0 Å². The van der Waals surface area contributed by atoms with Crippen molar-refractivity contribution >= 4 is 77.2 Å². The topological polar surface area (TPSA) is 64.4 Å². The molecule has 0 amide bonds. The number of nitrogens with one attached hydrogen (secondary N) is 1. The molecule has 1 atom stereocenters. The van der Waals surface area contributed by atoms with Gasteiger partial charge in [-0.25, -0.2) is 9.98 Å². The van der Waals surface area contributed by atoms with Gasteiger partial charge in [-0.3, -0.25) is 9.13 Å². The van der Waals surface area contributed by atoms with Crippen LogP contribution in [0.25, 0.3) is 76.9 Å². The predicted octanol–water partition coefficient (Wildman–Crippen LogP) is 11.3. The van der Waals surface area contributed by atoms with Crippen LogP contribution in [-0.4, -0.2) is 30.5 Å². The molecule has 0 saturated heterocycles. The van der Waals surface area contributed by atoms with Gasteiger partial charge >= 0.3 is 0 Å². The first kappa shape index (κ1) is 31.6. The fraction of sp³-hybridized carbons (Fsp3) is 0.0200. The Bertz CT molecular complexity index is 3410. The van der Waals surface area contributed by atoms with E-state index >= 15 is 0 Å². The second-order valence-corrected chi connectivity index (χ2v) is 14.5. The minimum absolute atomic E-state index is 0.321. The highest BCUT2D eigenvalue weighted by molar-refractivity contribution is 6.28. The number of aromatic nitrogens is 4. The Kier molecular flexibility index (Phi) is 6.85. The summed E-state index contributed by atoms with van der Waals surface area (Å²) in [4.78, 5) is 15.2. The van der Waals surface area contributed by atoms with Crippen LogP contribution in [0, 0.1) is 0 Å². The van der Waals surface area contributed by atoms with E-state index in [9.17, 15) is 0 Å². The molecule has 0 fully saturated rings. The third-order valence-corrected chi connectivity index (χ3v) is 11.3. The largest absolute Gasteiger partial charge is 0.330 e. The van der Waals surface area contributed by atoms with E-state index in [0.29, 0.717) is 5.84 Å². The zero-order valence-corrected chi connectivity index (χ0v) is 30.7. The highest BCUT2D eigenvalue weighted by Crippen LogP contribution is 2.44. The van der Waals surface area contributed by atoms with Gasteiger partial charge in [0.1, 0.15) is 12.0 Å². The highest BCUT2D eigenvalue weighted by atomic mass is 15.3. The lowest BCUT2D eigenvalue weighted by molar-refractivity contribution is 0.661. The first-order valence-electron chi connectivity index (χ1n) is 19.2. The summed E-state index contributed by atoms with van der Waals surface area (Å²) in [6, 6.07) is 64.1. The van der Waals surface area contributed by atoms with Gasteiger partial charge in [-0.2, -0.15) is 4.99 Å². The number of hydrogen-bond acceptors (Lipinski definition) is 4. The molecule has 0 spiro atoms. The van der Waals surface area contributed by atoms with Gasteiger partial charge in [0.2, 0.25) is 5.96 Å². The lowest BCUT2D eigenvalue weighted by Gasteiger charge is -2.24. The number of pyridine rings is 1. The molecular formula is C50H33N7. The van der Waals surface area contributed by atoms with Gasteiger partial charge in [-0.15, -0.1) is 0 Å². The summed E-state index contributed by atoms with van der Waals surface area (Å²) >= 11 is 0. The maximum atomic E-state index is 5.28. The van der Waals surface area contributed by atoms with Crippen LogP contribution in [0.1, 0.15) is 17.3 Å². The number of hydrogen-bond donors (Lipinski definition) is 1. The summed E-state index contributed by atoms with van der Waals surface area (Å²) in [5, 5.41) is 10.8. The van der Waals surface area contributed by atoms with Crippen LogP contribution >= 0.6 is 0 Å². The minimum Gasteiger partial charge on any atom is -0.330 e. The first-order valence-corrected chi connectivity index (χ1v) is 19.2. The van der Waals surface area contributed by atoms with E-state index in [1.165, 1.54) is 21.7 Å². The maximum absolute atomic E-state index is 5.28. The molecule has 1 N–H and O–H groups in total. The van der Waals surface area contributed by atoms with Crippen molar-refractivity contribution < 1.29 is 0 Å². The smallest absolute Gasteiger partial charge is 0.211 e. The Balaban J connectivity index is 1.19. The summed E-state index contributed by atoms with van der Waals surface area (Å²) in [5.41, 5.74) is 9.83. The fourth-order valence-electron chi connectivity index (χ4n) is 8.90. The van der Waals surface area contributed by atoms with Crippen molar-refractivity contribution in [3.05, 3.63) is 199 Å². The molecule has 4 aromatic heterocycles. The molecule has 1 aliphatic heterocycles. The van der Waals surface area contributed by atoms with Gasteiger partial charge in [0.05, 0.1) is 33.1 Å². The summed E-state index contributed by atoms with van der Waals surface area (Å²) < 4.78 is 7.03. The molecule has 0 radical (unpaired) electrons. The number of nitrogens with zero attached hydrogens (tertiary/aromatic N) is 6. The Hall–Kier alpha value is -7.77. The monoisotopic (exact) mass is 731 g/mol. The molecule has 0 aliphatic carbocycles. The number of amidine groups is 1. The lowest BCUT2D eigenvalue weighted by atomic mass is 10.1. The van der Waals surface area contributed by atoms with Crippen molar-refractivity contribution in [2.24, 2.45) is 9.98 Å². The van der Waals surface area contributed by atoms with Gasteiger partial charge in [-0.05, 0) is 60.2 Å². The molecule has 1 unspecified atom stereocenters. The molecule has 0 saturated carbocycles. The SMILES string of the molecule is c1ccc(C2=NC(c3ccccc3)NC(n3c4ccccc4c4cc5c(cc43)c3ccc4c(c6ccccc6n4-c4ccccn4)c3n5-c3ccccc3)=N2)cc1. The van der Waals surface area contributed by atoms with E-state index in [1.54, 1.807) is 0 Å². The van der Waals surface area contributed by atoms with Crippen LogP contribution in [0.5, 0.6) is 0 Å². The maximum Gasteiger partial charge on any atom is 0.211 e. The first-order chi connectivity index (χ1) is 28.3. The van der Waals surface area contributed by atoms with Crippen molar-refractivity contribution in [3.8, 4) is 11.5 Å². The molecule has 7 nitrogen and oxygen atoms in total. The Morgan fingerprint density at radius 1 is 0.456 bits per heavy atom. The molecule has 5 heterocycles. The second-order valence-electron chi connectivity index (χ2n) is 14.5. The number of aliphatic imine (C=N–C) groups is 2. The fourth-order valence-corrected chi connectivity index (χ4v) is 8.90. The molecule has 268 valence electrons. The van der Waals surface area contributed by atoms with Gasteiger partial charge in [0, 0.05) is 49.8 Å². The number of rotatable bonds is 4. The van der Waals surface area contributed by atoms with E-state index in [-0.39, 0.29) is 6.17 Å². The van der Waals surface area contributed by atoms with Crippen LogP contribution in [0.4, 0.5) is 0 Å². The Labute approximate surface area is 327 Å². The van der Waals surface area contributed by atoms with Gasteiger partial charge < -0.3 is 9.88 Å². The number of benzene rings is 7. The Morgan fingerprint density at radius 3 is 1.84 bits per heavy atom. The van der Waals surface area contributed by atoms with E-state index in [4.69, 9.17) is 15.0 Å². The predicted molar refractivity (Wildman–Crippen MR) is 234 cm³/mol. The third kappa shape index (κ3) is 4.76. The highest BCUT2D eigenvalue weighted by Gasteiger charge is 2.26. The van der Waals surface area contributed by atoms with Crippen molar-refractivity contribution in [3.63, 3.8) is 0 Å². The van der Waals surface area contributed by atoms with Gasteiger partial charge in [0.15, 0.2) is 5.84 Å². The molecule has 7 aromatic carbocycles. The molecule has 7 heteroatoms. The minimum atomic E-state index is -0.321. The van der Waals surface area contributed by atoms with Crippen LogP contribution < -0.4 is 5.32 Å². The van der Waals surface area contributed by atoms with Gasteiger partial charge in [0.25, 0.3) is 0 Å². The molecule has 57 heavy (non-hydrogen) atoms. The Morgan fingerprint density at radius 2 is 1.09 bits per heavy atom. The number of para-hydroxylation sites is 3. The summed E-state index contributed by atoms with van der Waals surface area (Å²) in [5.74, 6) is 2.32. The normalized spacial score (nSPS) is 14.5. The van der Waals surface area contributed by atoms with Crippen molar-refractivity contribution in [1.82, 2.24) is 24.0 Å². The molecule has 12 rings (SSSR count). The average molecular weight is 732 g/mol. The van der Waals surface area contributed by atoms with Gasteiger partial charge in [-0.1, -0.05) is 127 Å². The van der Waals surface area contributed by atoms with Crippen LogP contribution in [0.15, 0.2) is 198 Å². The van der Waals surface area contributed by atoms with E-state index in [1.807, 2.05) is 36.5 Å². The van der Waals surface area contributed by atoms with Crippen LogP contribution in [0.3, 0.4) is 0 Å². The second kappa shape index (κ2) is 12.4. The third-order valence-electron chi connectivity index (χ3n) is 11.3. The zero-order chi connectivity index (χ0) is 37.5. The standard InChI is InChI=1S/C50H33N7/c1-4-16-32(17-5-1)48-52-49(33-18-6-2-7-19-33)54-50(53-48)57-40-24-12-10-22-35(40)38-30-43-39(31-44(38)57)36-27-28-42-46(47(36)55(43)34-20-8-3-9-21-34)37-23-11-13-25-41(37)56(42)45-26-14-15-29-51-45/h1-31,48H,(H,52,53,54). The molecular weight excluding hydrogens is 699 g/mol. The van der Waals surface area contributed by atoms with Crippen molar-refractivity contribution in [2.45, 2.75) is 6.17 Å². The quantitative estimate of drug-likeness (QED) is 0.196. The van der Waals surface area contributed by atoms with E-state index in [2.05, 4.69) is 171 Å². The summed E-state index contributed by atoms with van der Waals surface area (Å²) in [7, 11) is 0. The summed E-state index contributed by atoms with van der Waals surface area (Å²) in [6.07, 6.45) is 1.54. The van der Waals surface area contributed by atoms with E-state index < -0.39 is 0 Å². The molecule has 11 aromatic rings. The zero-order valence-electron chi connectivity index (χ0n) is 30.7. The molecule has 1 aliphatic rings. The van der Waals surface area contributed by atoms with Crippen molar-refractivity contribution in [2.75, 3.05) is 0 Å². The lowest BCUT2D eigenvalue weighted by Crippen LogP contribution is -2.37. The van der Waals surface area contributed by atoms with Crippen LogP contribution in [-0.2, 0) is 0 Å². The van der Waals surface area contributed by atoms with E-state index in [0.717, 1.165) is 72.3 Å². The number of fused-ring (bicyclic) bond motifs is 10. The molecule has 0 bridgehead atoms. The average Bonchev–Trinajstić information content (AvgIpc) is 3.92. The summed E-state index contributed by atoms with van der Waals surface area (Å²) in [6.45, 7) is 0.